The number of aryl methyl sites for hydroxylation is 2. The molecule has 4 rings (SSSR count). The van der Waals surface area contributed by atoms with Crippen LogP contribution in [-0.4, -0.2) is 26.4 Å². The average Bonchev–Trinajstić information content (AvgIpc) is 3.19. The lowest BCUT2D eigenvalue weighted by Gasteiger charge is -2.12. The van der Waals surface area contributed by atoms with Crippen LogP contribution >= 0.6 is 43.6 Å². The van der Waals surface area contributed by atoms with Crippen LogP contribution in [0.1, 0.15) is 11.1 Å². The van der Waals surface area contributed by atoms with Crippen LogP contribution in [-0.2, 0) is 4.79 Å². The van der Waals surface area contributed by atoms with Crippen molar-refractivity contribution in [3.8, 4) is 17.1 Å². The number of carbonyl (C=O) groups excluding carboxylic acids is 1. The molecule has 0 aliphatic rings. The molecule has 33 heavy (non-hydrogen) atoms. The lowest BCUT2D eigenvalue weighted by atomic mass is 10.2. The molecule has 1 heterocycles. The number of hydrogen-bond acceptors (Lipinski definition) is 4. The first-order valence-corrected chi connectivity index (χ1v) is 12.6. The number of carbonyl (C=O) groups is 1. The van der Waals surface area contributed by atoms with Crippen molar-refractivity contribution in [3.63, 3.8) is 0 Å². The maximum Gasteiger partial charge on any atom is 0.234 e. The lowest BCUT2D eigenvalue weighted by Crippen LogP contribution is -2.15. The van der Waals surface area contributed by atoms with Crippen molar-refractivity contribution >= 4 is 55.2 Å². The van der Waals surface area contributed by atoms with Crippen LogP contribution in [0.5, 0.6) is 0 Å². The van der Waals surface area contributed by atoms with E-state index in [4.69, 9.17) is 0 Å². The molecule has 0 unspecified atom stereocenters. The van der Waals surface area contributed by atoms with Crippen LogP contribution in [0, 0.1) is 19.7 Å². The predicted octanol–water partition coefficient (Wildman–Crippen LogP) is 6.95. The summed E-state index contributed by atoms with van der Waals surface area (Å²) in [5.74, 6) is -0.102. The highest BCUT2D eigenvalue weighted by atomic mass is 79.9. The second-order valence-electron chi connectivity index (χ2n) is 7.40. The predicted molar refractivity (Wildman–Crippen MR) is 137 cm³/mol. The third kappa shape index (κ3) is 5.37. The standard InChI is InChI=1S/C24H19Br2FN4OS/c1-14-7-9-16(10-8-14)31-23(17-5-3-4-6-20(17)27)29-30-24(31)33-13-21(32)28-22-18(25)11-15(2)12-19(22)26/h3-12H,13H2,1-2H3,(H,28,32). The molecule has 1 aromatic heterocycles. The fourth-order valence-corrected chi connectivity index (χ4v) is 5.60. The molecule has 0 fully saturated rings. The van der Waals surface area contributed by atoms with E-state index in [1.54, 1.807) is 22.8 Å². The number of nitrogens with one attached hydrogen (secondary N) is 1. The first kappa shape index (κ1) is 23.7. The number of nitrogens with zero attached hydrogens (tertiary/aromatic N) is 3. The van der Waals surface area contributed by atoms with Gasteiger partial charge in [-0.15, -0.1) is 10.2 Å². The minimum Gasteiger partial charge on any atom is -0.323 e. The van der Waals surface area contributed by atoms with Crippen molar-refractivity contribution < 1.29 is 9.18 Å². The molecule has 5 nitrogen and oxygen atoms in total. The van der Waals surface area contributed by atoms with Gasteiger partial charge in [0.25, 0.3) is 0 Å². The minimum atomic E-state index is -0.387. The van der Waals surface area contributed by atoms with E-state index >= 15 is 0 Å². The van der Waals surface area contributed by atoms with E-state index < -0.39 is 0 Å². The highest BCUT2D eigenvalue weighted by Gasteiger charge is 2.20. The number of anilines is 1. The molecule has 0 radical (unpaired) electrons. The van der Waals surface area contributed by atoms with Crippen molar-refractivity contribution in [3.05, 3.63) is 86.6 Å². The number of aromatic nitrogens is 3. The summed E-state index contributed by atoms with van der Waals surface area (Å²) in [5, 5.41) is 11.9. The summed E-state index contributed by atoms with van der Waals surface area (Å²) in [6, 6.07) is 18.1. The minimum absolute atomic E-state index is 0.105. The summed E-state index contributed by atoms with van der Waals surface area (Å²) in [5.41, 5.74) is 3.96. The van der Waals surface area contributed by atoms with Crippen LogP contribution in [0.2, 0.25) is 0 Å². The third-order valence-corrected chi connectivity index (χ3v) is 7.00. The van der Waals surface area contributed by atoms with Crippen molar-refractivity contribution in [1.29, 1.82) is 0 Å². The molecule has 4 aromatic rings. The topological polar surface area (TPSA) is 59.8 Å². The van der Waals surface area contributed by atoms with Crippen LogP contribution in [0.15, 0.2) is 74.8 Å². The fourth-order valence-electron chi connectivity index (χ4n) is 3.23. The monoisotopic (exact) mass is 588 g/mol. The first-order valence-electron chi connectivity index (χ1n) is 9.99. The van der Waals surface area contributed by atoms with Gasteiger partial charge in [0.05, 0.1) is 17.0 Å². The second kappa shape index (κ2) is 10.2. The van der Waals surface area contributed by atoms with Gasteiger partial charge in [0.2, 0.25) is 5.91 Å². The zero-order valence-electron chi connectivity index (χ0n) is 17.8. The van der Waals surface area contributed by atoms with Gasteiger partial charge in [-0.3, -0.25) is 9.36 Å². The number of halogens is 3. The molecule has 1 N–H and O–H groups in total. The Labute approximate surface area is 212 Å². The Kier molecular flexibility index (Phi) is 7.31. The van der Waals surface area contributed by atoms with Gasteiger partial charge in [-0.05, 0) is 87.7 Å². The number of rotatable bonds is 6. The van der Waals surface area contributed by atoms with Crippen LogP contribution in [0.3, 0.4) is 0 Å². The van der Waals surface area contributed by atoms with E-state index in [1.165, 1.54) is 17.8 Å². The molecule has 9 heteroatoms. The molecule has 3 aromatic carbocycles. The Balaban J connectivity index is 1.62. The number of hydrogen-bond donors (Lipinski definition) is 1. The molecule has 0 bridgehead atoms. The molecule has 1 amide bonds. The Morgan fingerprint density at radius 1 is 1.00 bits per heavy atom. The molecule has 0 spiro atoms. The summed E-state index contributed by atoms with van der Waals surface area (Å²) >= 11 is 8.22. The Bertz CT molecular complexity index is 1300. The average molecular weight is 590 g/mol. The van der Waals surface area contributed by atoms with E-state index in [-0.39, 0.29) is 17.5 Å². The Morgan fingerprint density at radius 2 is 1.67 bits per heavy atom. The SMILES string of the molecule is Cc1ccc(-n2c(SCC(=O)Nc3c(Br)cc(C)cc3Br)nnc2-c2ccccc2F)cc1. The Morgan fingerprint density at radius 3 is 2.33 bits per heavy atom. The largest absolute Gasteiger partial charge is 0.323 e. The molecule has 168 valence electrons. The highest BCUT2D eigenvalue weighted by molar-refractivity contribution is 9.11. The quantitative estimate of drug-likeness (QED) is 0.247. The zero-order valence-corrected chi connectivity index (χ0v) is 21.8. The van der Waals surface area contributed by atoms with E-state index in [0.29, 0.717) is 22.2 Å². The fraction of sp³-hybridized carbons (Fsp3) is 0.125. The van der Waals surface area contributed by atoms with Gasteiger partial charge in [-0.2, -0.15) is 0 Å². The smallest absolute Gasteiger partial charge is 0.234 e. The van der Waals surface area contributed by atoms with E-state index in [2.05, 4.69) is 47.4 Å². The highest BCUT2D eigenvalue weighted by Crippen LogP contribution is 2.33. The van der Waals surface area contributed by atoms with Gasteiger partial charge in [0, 0.05) is 14.6 Å². The van der Waals surface area contributed by atoms with Gasteiger partial charge >= 0.3 is 0 Å². The van der Waals surface area contributed by atoms with Gasteiger partial charge < -0.3 is 5.32 Å². The maximum absolute atomic E-state index is 14.5. The van der Waals surface area contributed by atoms with Crippen molar-refractivity contribution in [2.75, 3.05) is 11.1 Å². The van der Waals surface area contributed by atoms with E-state index in [0.717, 1.165) is 25.8 Å². The summed E-state index contributed by atoms with van der Waals surface area (Å²) < 4.78 is 17.9. The maximum atomic E-state index is 14.5. The number of benzene rings is 3. The summed E-state index contributed by atoms with van der Waals surface area (Å²) in [6.07, 6.45) is 0. The van der Waals surface area contributed by atoms with Crippen molar-refractivity contribution in [2.45, 2.75) is 19.0 Å². The zero-order chi connectivity index (χ0) is 23.5. The number of amides is 1. The van der Waals surface area contributed by atoms with Crippen molar-refractivity contribution in [2.24, 2.45) is 0 Å². The van der Waals surface area contributed by atoms with Crippen LogP contribution in [0.4, 0.5) is 10.1 Å². The molecule has 0 aliphatic heterocycles. The third-order valence-electron chi connectivity index (χ3n) is 4.82. The molecule has 0 atom stereocenters. The van der Waals surface area contributed by atoms with Gasteiger partial charge in [0.1, 0.15) is 5.82 Å². The van der Waals surface area contributed by atoms with E-state index in [9.17, 15) is 9.18 Å². The molecular formula is C24H19Br2FN4OS. The van der Waals surface area contributed by atoms with E-state index in [1.807, 2.05) is 50.2 Å². The first-order chi connectivity index (χ1) is 15.8. The normalized spacial score (nSPS) is 10.9. The van der Waals surface area contributed by atoms with Gasteiger partial charge in [-0.25, -0.2) is 4.39 Å². The lowest BCUT2D eigenvalue weighted by molar-refractivity contribution is -0.113. The summed E-state index contributed by atoms with van der Waals surface area (Å²) in [4.78, 5) is 12.7. The number of thioether (sulfide) groups is 1. The second-order valence-corrected chi connectivity index (χ2v) is 10.0. The molecule has 0 aliphatic carbocycles. The molecule has 0 saturated carbocycles. The van der Waals surface area contributed by atoms with Gasteiger partial charge in [0.15, 0.2) is 11.0 Å². The summed E-state index contributed by atoms with van der Waals surface area (Å²) in [6.45, 7) is 3.97. The van der Waals surface area contributed by atoms with Gasteiger partial charge in [-0.1, -0.05) is 41.6 Å². The molecular weight excluding hydrogens is 571 g/mol. The van der Waals surface area contributed by atoms with Crippen LogP contribution in [0.25, 0.3) is 17.1 Å². The van der Waals surface area contributed by atoms with Crippen molar-refractivity contribution in [1.82, 2.24) is 14.8 Å². The summed E-state index contributed by atoms with van der Waals surface area (Å²) in [7, 11) is 0. The van der Waals surface area contributed by atoms with Crippen LogP contribution < -0.4 is 5.32 Å². The molecule has 0 saturated heterocycles. The Hall–Kier alpha value is -2.49.